The molecule has 1 aromatic carbocycles. The number of rotatable bonds is 3. The lowest BCUT2D eigenvalue weighted by Crippen LogP contribution is -2.36. The number of aliphatic hydroxyl groups excluding tert-OH is 1. The number of hydrogen-bond donors (Lipinski definition) is 2. The van der Waals surface area contributed by atoms with Crippen molar-refractivity contribution in [2.45, 2.75) is 31.4 Å². The lowest BCUT2D eigenvalue weighted by Gasteiger charge is -2.36. The molecule has 4 nitrogen and oxygen atoms in total. The smallest absolute Gasteiger partial charge is 0.0991 e. The quantitative estimate of drug-likeness (QED) is 0.872. The molecule has 0 amide bonds. The SMILES string of the molecule is N#Cc1ccc2c(c1)C1OCCC1C(CCCO)N2. The molecule has 0 saturated carbocycles. The van der Waals surface area contributed by atoms with Crippen LogP contribution in [-0.2, 0) is 4.74 Å². The molecule has 2 heterocycles. The summed E-state index contributed by atoms with van der Waals surface area (Å²) < 4.78 is 5.88. The lowest BCUT2D eigenvalue weighted by atomic mass is 9.82. The van der Waals surface area contributed by atoms with Gasteiger partial charge in [-0.3, -0.25) is 0 Å². The molecule has 2 aliphatic heterocycles. The topological polar surface area (TPSA) is 65.3 Å². The first-order valence-corrected chi connectivity index (χ1v) is 6.86. The second-order valence-electron chi connectivity index (χ2n) is 5.27. The zero-order valence-electron chi connectivity index (χ0n) is 10.8. The number of nitriles is 1. The molecular formula is C15H18N2O2. The van der Waals surface area contributed by atoms with Gasteiger partial charge in [0.15, 0.2) is 0 Å². The zero-order chi connectivity index (χ0) is 13.2. The molecule has 3 atom stereocenters. The van der Waals surface area contributed by atoms with Crippen LogP contribution in [0.25, 0.3) is 0 Å². The van der Waals surface area contributed by atoms with Crippen molar-refractivity contribution < 1.29 is 9.84 Å². The predicted molar refractivity (Wildman–Crippen MR) is 71.7 cm³/mol. The van der Waals surface area contributed by atoms with Gasteiger partial charge in [0.05, 0.1) is 17.7 Å². The molecule has 0 spiro atoms. The Balaban J connectivity index is 1.92. The van der Waals surface area contributed by atoms with E-state index in [0.29, 0.717) is 17.5 Å². The highest BCUT2D eigenvalue weighted by Crippen LogP contribution is 2.45. The minimum Gasteiger partial charge on any atom is -0.396 e. The Morgan fingerprint density at radius 1 is 1.47 bits per heavy atom. The number of fused-ring (bicyclic) bond motifs is 3. The maximum absolute atomic E-state index is 9.01. The van der Waals surface area contributed by atoms with Gasteiger partial charge in [0, 0.05) is 36.4 Å². The van der Waals surface area contributed by atoms with Gasteiger partial charge in [-0.1, -0.05) is 0 Å². The molecule has 3 rings (SSSR count). The predicted octanol–water partition coefficient (Wildman–Crippen LogP) is 2.20. The monoisotopic (exact) mass is 258 g/mol. The minimum absolute atomic E-state index is 0.105. The number of nitrogens with one attached hydrogen (secondary N) is 1. The van der Waals surface area contributed by atoms with Crippen molar-refractivity contribution in [1.82, 2.24) is 0 Å². The highest BCUT2D eigenvalue weighted by atomic mass is 16.5. The Bertz CT molecular complexity index is 509. The van der Waals surface area contributed by atoms with E-state index in [0.717, 1.165) is 37.1 Å². The molecule has 100 valence electrons. The van der Waals surface area contributed by atoms with Crippen LogP contribution in [0.2, 0.25) is 0 Å². The Hall–Kier alpha value is -1.57. The van der Waals surface area contributed by atoms with Crippen LogP contribution in [0.5, 0.6) is 0 Å². The van der Waals surface area contributed by atoms with E-state index in [4.69, 9.17) is 15.1 Å². The van der Waals surface area contributed by atoms with E-state index < -0.39 is 0 Å². The fourth-order valence-electron chi connectivity index (χ4n) is 3.24. The maximum Gasteiger partial charge on any atom is 0.0991 e. The van der Waals surface area contributed by atoms with Crippen LogP contribution >= 0.6 is 0 Å². The van der Waals surface area contributed by atoms with Crippen LogP contribution in [0.15, 0.2) is 18.2 Å². The molecule has 0 radical (unpaired) electrons. The van der Waals surface area contributed by atoms with Gasteiger partial charge in [-0.2, -0.15) is 5.26 Å². The molecule has 1 aromatic rings. The average molecular weight is 258 g/mol. The average Bonchev–Trinajstić information content (AvgIpc) is 2.94. The maximum atomic E-state index is 9.01. The molecule has 0 aliphatic carbocycles. The summed E-state index contributed by atoms with van der Waals surface area (Å²) >= 11 is 0. The van der Waals surface area contributed by atoms with Crippen molar-refractivity contribution in [1.29, 1.82) is 5.26 Å². The summed E-state index contributed by atoms with van der Waals surface area (Å²) in [6.45, 7) is 1.01. The summed E-state index contributed by atoms with van der Waals surface area (Å²) in [5, 5.41) is 21.6. The third-order valence-corrected chi connectivity index (χ3v) is 4.16. The van der Waals surface area contributed by atoms with Gasteiger partial charge >= 0.3 is 0 Å². The second kappa shape index (κ2) is 5.20. The fourth-order valence-corrected chi connectivity index (χ4v) is 3.24. The Morgan fingerprint density at radius 2 is 2.37 bits per heavy atom. The van der Waals surface area contributed by atoms with Crippen LogP contribution in [0.1, 0.15) is 36.5 Å². The molecule has 0 aromatic heterocycles. The van der Waals surface area contributed by atoms with Crippen LogP contribution < -0.4 is 5.32 Å². The summed E-state index contributed by atoms with van der Waals surface area (Å²) in [6, 6.07) is 8.29. The van der Waals surface area contributed by atoms with E-state index in [2.05, 4.69) is 11.4 Å². The van der Waals surface area contributed by atoms with E-state index in [9.17, 15) is 0 Å². The summed E-state index contributed by atoms with van der Waals surface area (Å²) in [4.78, 5) is 0. The van der Waals surface area contributed by atoms with E-state index in [-0.39, 0.29) is 12.7 Å². The van der Waals surface area contributed by atoms with Gasteiger partial charge in [-0.25, -0.2) is 0 Å². The molecule has 3 unspecified atom stereocenters. The van der Waals surface area contributed by atoms with Crippen molar-refractivity contribution in [3.05, 3.63) is 29.3 Å². The number of hydrogen-bond acceptors (Lipinski definition) is 4. The number of benzene rings is 1. The highest BCUT2D eigenvalue weighted by Gasteiger charge is 2.40. The third kappa shape index (κ3) is 2.20. The van der Waals surface area contributed by atoms with Crippen molar-refractivity contribution >= 4 is 5.69 Å². The number of nitrogens with zero attached hydrogens (tertiary/aromatic N) is 1. The molecular weight excluding hydrogens is 240 g/mol. The van der Waals surface area contributed by atoms with Crippen LogP contribution in [0.4, 0.5) is 5.69 Å². The summed E-state index contributed by atoms with van der Waals surface area (Å²) in [5.74, 6) is 0.452. The Kier molecular flexibility index (Phi) is 3.41. The van der Waals surface area contributed by atoms with Crippen molar-refractivity contribution in [3.63, 3.8) is 0 Å². The minimum atomic E-state index is 0.105. The van der Waals surface area contributed by atoms with E-state index in [1.54, 1.807) is 0 Å². The number of ether oxygens (including phenoxy) is 1. The van der Waals surface area contributed by atoms with Gasteiger partial charge in [0.25, 0.3) is 0 Å². The largest absolute Gasteiger partial charge is 0.396 e. The summed E-state index contributed by atoms with van der Waals surface area (Å²) in [6.07, 6.45) is 2.92. The van der Waals surface area contributed by atoms with Gasteiger partial charge < -0.3 is 15.2 Å². The molecule has 2 N–H and O–H groups in total. The van der Waals surface area contributed by atoms with E-state index >= 15 is 0 Å². The van der Waals surface area contributed by atoms with Crippen molar-refractivity contribution in [2.75, 3.05) is 18.5 Å². The molecule has 19 heavy (non-hydrogen) atoms. The first-order valence-electron chi connectivity index (χ1n) is 6.86. The van der Waals surface area contributed by atoms with Gasteiger partial charge in [-0.05, 0) is 37.5 Å². The first kappa shape index (κ1) is 12.5. The van der Waals surface area contributed by atoms with Gasteiger partial charge in [0.2, 0.25) is 0 Å². The van der Waals surface area contributed by atoms with Crippen molar-refractivity contribution in [3.8, 4) is 6.07 Å². The normalized spacial score (nSPS) is 28.1. The molecule has 1 saturated heterocycles. The summed E-state index contributed by atoms with van der Waals surface area (Å²) in [7, 11) is 0. The number of aliphatic hydroxyl groups is 1. The summed E-state index contributed by atoms with van der Waals surface area (Å²) in [5.41, 5.74) is 2.87. The van der Waals surface area contributed by atoms with Crippen molar-refractivity contribution in [2.24, 2.45) is 5.92 Å². The van der Waals surface area contributed by atoms with Crippen LogP contribution in [0, 0.1) is 17.2 Å². The first-order chi connectivity index (χ1) is 9.33. The van der Waals surface area contributed by atoms with E-state index in [1.165, 1.54) is 0 Å². The Labute approximate surface area is 113 Å². The highest BCUT2D eigenvalue weighted by molar-refractivity contribution is 5.58. The number of anilines is 1. The van der Waals surface area contributed by atoms with E-state index in [1.807, 2.05) is 18.2 Å². The standard InChI is InChI=1S/C15H18N2O2/c16-9-10-3-4-14-12(8-10)15-11(5-7-19-15)13(17-14)2-1-6-18/h3-4,8,11,13,15,17-18H,1-2,5-7H2. The molecule has 0 bridgehead atoms. The molecule has 2 aliphatic rings. The third-order valence-electron chi connectivity index (χ3n) is 4.16. The molecule has 4 heteroatoms. The van der Waals surface area contributed by atoms with Crippen LogP contribution in [0.3, 0.4) is 0 Å². The molecule has 1 fully saturated rings. The van der Waals surface area contributed by atoms with Crippen LogP contribution in [-0.4, -0.2) is 24.4 Å². The lowest BCUT2D eigenvalue weighted by molar-refractivity contribution is 0.0813. The van der Waals surface area contributed by atoms with Gasteiger partial charge in [-0.15, -0.1) is 0 Å². The van der Waals surface area contributed by atoms with Gasteiger partial charge in [0.1, 0.15) is 0 Å². The Morgan fingerprint density at radius 3 is 3.16 bits per heavy atom. The zero-order valence-corrected chi connectivity index (χ0v) is 10.8. The fraction of sp³-hybridized carbons (Fsp3) is 0.533. The second-order valence-corrected chi connectivity index (χ2v) is 5.27.